The monoisotopic (exact) mass is 270 g/mol. The van der Waals surface area contributed by atoms with Crippen molar-refractivity contribution in [1.29, 1.82) is 0 Å². The zero-order chi connectivity index (χ0) is 14.2. The van der Waals surface area contributed by atoms with E-state index in [1.807, 2.05) is 37.3 Å². The summed E-state index contributed by atoms with van der Waals surface area (Å²) in [6.45, 7) is 2.53. The first-order valence-corrected chi connectivity index (χ1v) is 7.22. The van der Waals surface area contributed by atoms with E-state index in [-0.39, 0.29) is 6.10 Å². The highest BCUT2D eigenvalue weighted by Crippen LogP contribution is 2.22. The van der Waals surface area contributed by atoms with E-state index in [1.54, 1.807) is 0 Å². The molecule has 0 saturated heterocycles. The summed E-state index contributed by atoms with van der Waals surface area (Å²) in [4.78, 5) is 0. The van der Waals surface area contributed by atoms with Gasteiger partial charge in [0.05, 0.1) is 12.7 Å². The molecule has 0 aliphatic rings. The Kier molecular flexibility index (Phi) is 5.63. The van der Waals surface area contributed by atoms with Crippen molar-refractivity contribution in [2.45, 2.75) is 32.3 Å². The quantitative estimate of drug-likeness (QED) is 0.761. The van der Waals surface area contributed by atoms with Crippen LogP contribution in [-0.2, 0) is 0 Å². The number of ether oxygens (including phenoxy) is 1. The van der Waals surface area contributed by atoms with Gasteiger partial charge < -0.3 is 9.84 Å². The topological polar surface area (TPSA) is 29.5 Å². The van der Waals surface area contributed by atoms with Crippen LogP contribution in [0.1, 0.15) is 26.2 Å². The molecule has 1 N–H and O–H groups in total. The lowest BCUT2D eigenvalue weighted by molar-refractivity contribution is 0.177. The molecule has 2 nitrogen and oxygen atoms in total. The number of hydrogen-bond donors (Lipinski definition) is 1. The Morgan fingerprint density at radius 3 is 2.20 bits per heavy atom. The Morgan fingerprint density at radius 1 is 0.900 bits per heavy atom. The summed E-state index contributed by atoms with van der Waals surface area (Å²) in [6.07, 6.45) is 2.61. The summed E-state index contributed by atoms with van der Waals surface area (Å²) < 4.78 is 5.70. The maximum Gasteiger partial charge on any atom is 0.119 e. The molecule has 1 atom stereocenters. The summed E-state index contributed by atoms with van der Waals surface area (Å²) in [5, 5.41) is 9.17. The van der Waals surface area contributed by atoms with Crippen LogP contribution in [0.4, 0.5) is 0 Å². The number of aliphatic hydroxyl groups excluding tert-OH is 1. The second-order valence-electron chi connectivity index (χ2n) is 5.08. The van der Waals surface area contributed by atoms with Crippen molar-refractivity contribution in [3.05, 3.63) is 54.6 Å². The van der Waals surface area contributed by atoms with E-state index >= 15 is 0 Å². The highest BCUT2D eigenvalue weighted by molar-refractivity contribution is 5.63. The molecule has 2 aromatic rings. The van der Waals surface area contributed by atoms with Crippen molar-refractivity contribution in [2.24, 2.45) is 0 Å². The minimum absolute atomic E-state index is 0.208. The molecule has 2 rings (SSSR count). The van der Waals surface area contributed by atoms with Gasteiger partial charge in [0.2, 0.25) is 0 Å². The predicted octanol–water partition coefficient (Wildman–Crippen LogP) is 4.28. The van der Waals surface area contributed by atoms with Crippen LogP contribution in [0.25, 0.3) is 11.1 Å². The van der Waals surface area contributed by atoms with E-state index in [9.17, 15) is 0 Å². The minimum Gasteiger partial charge on any atom is -0.494 e. The SMILES string of the molecule is CC(O)CCCCOc1ccc(-c2ccccc2)cc1. The molecule has 0 aliphatic carbocycles. The van der Waals surface area contributed by atoms with Crippen molar-refractivity contribution < 1.29 is 9.84 Å². The van der Waals surface area contributed by atoms with Gasteiger partial charge in [-0.3, -0.25) is 0 Å². The Balaban J connectivity index is 1.80. The molecular formula is C18H22O2. The number of rotatable bonds is 7. The van der Waals surface area contributed by atoms with E-state index in [0.29, 0.717) is 6.61 Å². The van der Waals surface area contributed by atoms with E-state index < -0.39 is 0 Å². The van der Waals surface area contributed by atoms with Gasteiger partial charge in [0.15, 0.2) is 0 Å². The number of hydrogen-bond acceptors (Lipinski definition) is 2. The summed E-state index contributed by atoms with van der Waals surface area (Å²) in [5.41, 5.74) is 2.42. The second kappa shape index (κ2) is 7.71. The molecule has 0 saturated carbocycles. The molecule has 2 heteroatoms. The third-order valence-electron chi connectivity index (χ3n) is 3.25. The Labute approximate surface area is 121 Å². The molecular weight excluding hydrogens is 248 g/mol. The molecule has 0 heterocycles. The largest absolute Gasteiger partial charge is 0.494 e. The molecule has 1 unspecified atom stereocenters. The molecule has 0 amide bonds. The van der Waals surface area contributed by atoms with Gasteiger partial charge in [0, 0.05) is 0 Å². The van der Waals surface area contributed by atoms with Gasteiger partial charge in [-0.25, -0.2) is 0 Å². The Bertz CT molecular complexity index is 489. The second-order valence-corrected chi connectivity index (χ2v) is 5.08. The molecule has 0 aromatic heterocycles. The van der Waals surface area contributed by atoms with Gasteiger partial charge >= 0.3 is 0 Å². The van der Waals surface area contributed by atoms with Crippen molar-refractivity contribution in [2.75, 3.05) is 6.61 Å². The average Bonchev–Trinajstić information content (AvgIpc) is 2.48. The fourth-order valence-corrected chi connectivity index (χ4v) is 2.11. The van der Waals surface area contributed by atoms with Gasteiger partial charge in [-0.05, 0) is 49.4 Å². The van der Waals surface area contributed by atoms with E-state index in [1.165, 1.54) is 11.1 Å². The maximum atomic E-state index is 9.17. The van der Waals surface area contributed by atoms with Crippen LogP contribution in [-0.4, -0.2) is 17.8 Å². The minimum atomic E-state index is -0.208. The van der Waals surface area contributed by atoms with Crippen LogP contribution < -0.4 is 4.74 Å². The van der Waals surface area contributed by atoms with E-state index in [0.717, 1.165) is 25.0 Å². The van der Waals surface area contributed by atoms with Crippen molar-refractivity contribution in [3.63, 3.8) is 0 Å². The smallest absolute Gasteiger partial charge is 0.119 e. The van der Waals surface area contributed by atoms with Crippen LogP contribution >= 0.6 is 0 Å². The summed E-state index contributed by atoms with van der Waals surface area (Å²) in [6, 6.07) is 18.5. The van der Waals surface area contributed by atoms with Gasteiger partial charge in [0.1, 0.15) is 5.75 Å². The molecule has 0 fully saturated rings. The van der Waals surface area contributed by atoms with Gasteiger partial charge in [0.25, 0.3) is 0 Å². The van der Waals surface area contributed by atoms with Crippen LogP contribution in [0.5, 0.6) is 5.75 Å². The van der Waals surface area contributed by atoms with Crippen LogP contribution in [0.3, 0.4) is 0 Å². The van der Waals surface area contributed by atoms with Crippen molar-refractivity contribution in [3.8, 4) is 16.9 Å². The summed E-state index contributed by atoms with van der Waals surface area (Å²) in [7, 11) is 0. The number of benzene rings is 2. The zero-order valence-corrected chi connectivity index (χ0v) is 12.0. The van der Waals surface area contributed by atoms with E-state index in [2.05, 4.69) is 24.3 Å². The maximum absolute atomic E-state index is 9.17. The molecule has 0 radical (unpaired) electrons. The fourth-order valence-electron chi connectivity index (χ4n) is 2.11. The predicted molar refractivity (Wildman–Crippen MR) is 82.9 cm³/mol. The Morgan fingerprint density at radius 2 is 1.55 bits per heavy atom. The molecule has 20 heavy (non-hydrogen) atoms. The van der Waals surface area contributed by atoms with Gasteiger partial charge in [-0.15, -0.1) is 0 Å². The first-order valence-electron chi connectivity index (χ1n) is 7.22. The standard InChI is InChI=1S/C18H22O2/c1-15(19)7-5-6-14-20-18-12-10-17(11-13-18)16-8-3-2-4-9-16/h2-4,8-13,15,19H,5-7,14H2,1H3. The number of aliphatic hydroxyl groups is 1. The normalized spacial score (nSPS) is 12.1. The van der Waals surface area contributed by atoms with Crippen LogP contribution in [0, 0.1) is 0 Å². The van der Waals surface area contributed by atoms with Crippen molar-refractivity contribution >= 4 is 0 Å². The molecule has 0 spiro atoms. The lowest BCUT2D eigenvalue weighted by Crippen LogP contribution is -2.02. The van der Waals surface area contributed by atoms with Crippen LogP contribution in [0.2, 0.25) is 0 Å². The molecule has 0 aliphatic heterocycles. The van der Waals surface area contributed by atoms with Crippen LogP contribution in [0.15, 0.2) is 54.6 Å². The first-order chi connectivity index (χ1) is 9.75. The third kappa shape index (κ3) is 4.71. The summed E-state index contributed by atoms with van der Waals surface area (Å²) in [5.74, 6) is 0.904. The zero-order valence-electron chi connectivity index (χ0n) is 12.0. The van der Waals surface area contributed by atoms with E-state index in [4.69, 9.17) is 9.84 Å². The third-order valence-corrected chi connectivity index (χ3v) is 3.25. The molecule has 106 valence electrons. The molecule has 0 bridgehead atoms. The van der Waals surface area contributed by atoms with Crippen molar-refractivity contribution in [1.82, 2.24) is 0 Å². The van der Waals surface area contributed by atoms with Gasteiger partial charge in [-0.1, -0.05) is 42.5 Å². The first kappa shape index (κ1) is 14.6. The highest BCUT2D eigenvalue weighted by atomic mass is 16.5. The lowest BCUT2D eigenvalue weighted by Gasteiger charge is -2.08. The summed E-state index contributed by atoms with van der Waals surface area (Å²) >= 11 is 0. The molecule has 2 aromatic carbocycles. The average molecular weight is 270 g/mol. The van der Waals surface area contributed by atoms with Gasteiger partial charge in [-0.2, -0.15) is 0 Å². The Hall–Kier alpha value is -1.80. The highest BCUT2D eigenvalue weighted by Gasteiger charge is 1.99. The number of unbranched alkanes of at least 4 members (excludes halogenated alkanes) is 1. The fraction of sp³-hybridized carbons (Fsp3) is 0.333. The lowest BCUT2D eigenvalue weighted by atomic mass is 10.1.